The van der Waals surface area contributed by atoms with Gasteiger partial charge >= 0.3 is 6.09 Å². The molecule has 0 bridgehead atoms. The summed E-state index contributed by atoms with van der Waals surface area (Å²) in [7, 11) is 0. The maximum atomic E-state index is 12.1. The average Bonchev–Trinajstić information content (AvgIpc) is 3.17. The molecule has 1 unspecified atom stereocenters. The molecule has 0 spiro atoms. The predicted molar refractivity (Wildman–Crippen MR) is 91.7 cm³/mol. The van der Waals surface area contributed by atoms with E-state index < -0.39 is 5.60 Å². The van der Waals surface area contributed by atoms with E-state index in [1.54, 1.807) is 23.5 Å². The zero-order valence-electron chi connectivity index (χ0n) is 14.2. The van der Waals surface area contributed by atoms with Gasteiger partial charge in [0.05, 0.1) is 0 Å². The van der Waals surface area contributed by atoms with Gasteiger partial charge in [0.15, 0.2) is 0 Å². The Morgan fingerprint density at radius 3 is 2.92 bits per heavy atom. The van der Waals surface area contributed by atoms with Crippen LogP contribution in [0.1, 0.15) is 27.2 Å². The summed E-state index contributed by atoms with van der Waals surface area (Å²) < 4.78 is 5.42. The highest BCUT2D eigenvalue weighted by atomic mass is 16.6. The van der Waals surface area contributed by atoms with Crippen molar-refractivity contribution < 1.29 is 9.53 Å². The van der Waals surface area contributed by atoms with E-state index in [1.807, 2.05) is 32.9 Å². The number of ether oxygens (including phenoxy) is 1. The number of aromatic nitrogens is 3. The van der Waals surface area contributed by atoms with Crippen LogP contribution in [0, 0.1) is 0 Å². The minimum Gasteiger partial charge on any atom is -0.444 e. The molecule has 0 saturated carbocycles. The first kappa shape index (κ1) is 16.3. The molecule has 0 aliphatic carbocycles. The van der Waals surface area contributed by atoms with E-state index in [1.165, 1.54) is 0 Å². The Bertz CT molecular complexity index is 693. The Morgan fingerprint density at radius 1 is 1.38 bits per heavy atom. The molecule has 2 aromatic rings. The predicted octanol–water partition coefficient (Wildman–Crippen LogP) is 2.89. The van der Waals surface area contributed by atoms with Gasteiger partial charge in [0.2, 0.25) is 0 Å². The summed E-state index contributed by atoms with van der Waals surface area (Å²) in [6.45, 7) is 6.92. The number of H-pyrrole nitrogens is 1. The number of rotatable bonds is 3. The summed E-state index contributed by atoms with van der Waals surface area (Å²) >= 11 is 0. The van der Waals surface area contributed by atoms with Gasteiger partial charge in [0.1, 0.15) is 17.2 Å². The van der Waals surface area contributed by atoms with Crippen LogP contribution in [0.4, 0.5) is 10.6 Å². The molecule has 1 aliphatic heterocycles. The normalized spacial score (nSPS) is 17.8. The quantitative estimate of drug-likeness (QED) is 0.904. The number of amides is 1. The van der Waals surface area contributed by atoms with Crippen molar-refractivity contribution in [2.24, 2.45) is 0 Å². The number of hydrogen-bond acceptors (Lipinski definition) is 5. The molecule has 1 atom stereocenters. The molecule has 1 fully saturated rings. The molecule has 3 heterocycles. The maximum Gasteiger partial charge on any atom is 0.410 e. The van der Waals surface area contributed by atoms with Crippen LogP contribution in [0.25, 0.3) is 11.4 Å². The molecule has 2 N–H and O–H groups in total. The lowest BCUT2D eigenvalue weighted by Gasteiger charge is -2.24. The smallest absolute Gasteiger partial charge is 0.410 e. The van der Waals surface area contributed by atoms with Gasteiger partial charge < -0.3 is 19.9 Å². The number of aromatic amines is 1. The van der Waals surface area contributed by atoms with Crippen LogP contribution in [-0.2, 0) is 4.74 Å². The third-order valence-electron chi connectivity index (χ3n) is 3.72. The Balaban J connectivity index is 1.60. The van der Waals surface area contributed by atoms with Gasteiger partial charge in [0, 0.05) is 43.3 Å². The first-order valence-corrected chi connectivity index (χ1v) is 8.11. The Morgan fingerprint density at radius 2 is 2.21 bits per heavy atom. The van der Waals surface area contributed by atoms with Crippen LogP contribution < -0.4 is 5.32 Å². The maximum absolute atomic E-state index is 12.1. The monoisotopic (exact) mass is 329 g/mol. The van der Waals surface area contributed by atoms with E-state index in [0.717, 1.165) is 23.6 Å². The van der Waals surface area contributed by atoms with Crippen LogP contribution in [-0.4, -0.2) is 50.7 Å². The van der Waals surface area contributed by atoms with Crippen molar-refractivity contribution in [1.82, 2.24) is 19.9 Å². The standard InChI is InChI=1S/C17H23N5O2/c1-17(2,3)24-16(23)22-9-5-13(11-22)21-14-10-12(4-6-18-14)15-19-7-8-20-15/h4,6-8,10,13H,5,9,11H2,1-3H3,(H,18,21)(H,19,20). The van der Waals surface area contributed by atoms with Crippen molar-refractivity contribution in [1.29, 1.82) is 0 Å². The second-order valence-electron chi connectivity index (χ2n) is 6.92. The topological polar surface area (TPSA) is 83.1 Å². The lowest BCUT2D eigenvalue weighted by molar-refractivity contribution is 0.0293. The molecule has 7 nitrogen and oxygen atoms in total. The number of anilines is 1. The molecule has 128 valence electrons. The zero-order valence-corrected chi connectivity index (χ0v) is 14.2. The number of likely N-dealkylation sites (tertiary alicyclic amines) is 1. The number of imidazole rings is 1. The number of carbonyl (C=O) groups is 1. The molecular formula is C17H23N5O2. The highest BCUT2D eigenvalue weighted by Gasteiger charge is 2.29. The second kappa shape index (κ2) is 6.51. The first-order chi connectivity index (χ1) is 11.4. The number of nitrogens with zero attached hydrogens (tertiary/aromatic N) is 3. The van der Waals surface area contributed by atoms with Crippen molar-refractivity contribution in [3.63, 3.8) is 0 Å². The summed E-state index contributed by atoms with van der Waals surface area (Å²) in [6, 6.07) is 4.03. The van der Waals surface area contributed by atoms with Gasteiger partial charge in [0.25, 0.3) is 0 Å². The molecule has 1 amide bonds. The Labute approximate surface area is 141 Å². The molecule has 2 aromatic heterocycles. The molecule has 0 radical (unpaired) electrons. The van der Waals surface area contributed by atoms with Crippen LogP contribution >= 0.6 is 0 Å². The fraction of sp³-hybridized carbons (Fsp3) is 0.471. The molecular weight excluding hydrogens is 306 g/mol. The number of hydrogen-bond donors (Lipinski definition) is 2. The summed E-state index contributed by atoms with van der Waals surface area (Å²) in [4.78, 5) is 25.5. The summed E-state index contributed by atoms with van der Waals surface area (Å²) in [5, 5.41) is 3.39. The number of pyridine rings is 1. The molecule has 0 aromatic carbocycles. The van der Waals surface area contributed by atoms with Crippen molar-refractivity contribution >= 4 is 11.9 Å². The van der Waals surface area contributed by atoms with Crippen LogP contribution in [0.3, 0.4) is 0 Å². The molecule has 1 saturated heterocycles. The lowest BCUT2D eigenvalue weighted by Crippen LogP contribution is -2.36. The van der Waals surface area contributed by atoms with Crippen LogP contribution in [0.15, 0.2) is 30.7 Å². The van der Waals surface area contributed by atoms with Gasteiger partial charge in [-0.05, 0) is 39.3 Å². The molecule has 7 heteroatoms. The van der Waals surface area contributed by atoms with E-state index >= 15 is 0 Å². The minimum absolute atomic E-state index is 0.164. The Hall–Kier alpha value is -2.57. The van der Waals surface area contributed by atoms with Crippen LogP contribution in [0.5, 0.6) is 0 Å². The van der Waals surface area contributed by atoms with Gasteiger partial charge in [-0.2, -0.15) is 0 Å². The minimum atomic E-state index is -0.471. The SMILES string of the molecule is CC(C)(C)OC(=O)N1CCC(Nc2cc(-c3ncc[nH]3)ccn2)C1. The van der Waals surface area contributed by atoms with E-state index in [0.29, 0.717) is 13.1 Å². The lowest BCUT2D eigenvalue weighted by atomic mass is 10.2. The van der Waals surface area contributed by atoms with Gasteiger partial charge in [-0.15, -0.1) is 0 Å². The molecule has 24 heavy (non-hydrogen) atoms. The van der Waals surface area contributed by atoms with Crippen molar-refractivity contribution in [2.75, 3.05) is 18.4 Å². The summed E-state index contributed by atoms with van der Waals surface area (Å²) in [6.07, 6.45) is 5.87. The average molecular weight is 329 g/mol. The third-order valence-corrected chi connectivity index (χ3v) is 3.72. The summed E-state index contributed by atoms with van der Waals surface area (Å²) in [5.74, 6) is 1.59. The van der Waals surface area contributed by atoms with Crippen molar-refractivity contribution in [3.05, 3.63) is 30.7 Å². The number of nitrogens with one attached hydrogen (secondary N) is 2. The van der Waals surface area contributed by atoms with E-state index in [2.05, 4.69) is 20.3 Å². The van der Waals surface area contributed by atoms with E-state index in [4.69, 9.17) is 4.74 Å². The zero-order chi connectivity index (χ0) is 17.2. The third kappa shape index (κ3) is 4.04. The highest BCUT2D eigenvalue weighted by Crippen LogP contribution is 2.21. The van der Waals surface area contributed by atoms with Crippen molar-refractivity contribution in [2.45, 2.75) is 38.8 Å². The molecule has 1 aliphatic rings. The van der Waals surface area contributed by atoms with Crippen LogP contribution in [0.2, 0.25) is 0 Å². The van der Waals surface area contributed by atoms with E-state index in [9.17, 15) is 4.79 Å². The Kier molecular flexibility index (Phi) is 4.42. The molecule has 3 rings (SSSR count). The number of carbonyl (C=O) groups excluding carboxylic acids is 1. The largest absolute Gasteiger partial charge is 0.444 e. The first-order valence-electron chi connectivity index (χ1n) is 8.11. The summed E-state index contributed by atoms with van der Waals surface area (Å²) in [5.41, 5.74) is 0.501. The fourth-order valence-corrected chi connectivity index (χ4v) is 2.66. The van der Waals surface area contributed by atoms with Gasteiger partial charge in [-0.1, -0.05) is 0 Å². The van der Waals surface area contributed by atoms with E-state index in [-0.39, 0.29) is 12.1 Å². The fourth-order valence-electron chi connectivity index (χ4n) is 2.66. The van der Waals surface area contributed by atoms with Gasteiger partial charge in [-0.25, -0.2) is 14.8 Å². The van der Waals surface area contributed by atoms with Gasteiger partial charge in [-0.3, -0.25) is 0 Å². The highest BCUT2D eigenvalue weighted by molar-refractivity contribution is 5.68. The van der Waals surface area contributed by atoms with Crippen molar-refractivity contribution in [3.8, 4) is 11.4 Å². The second-order valence-corrected chi connectivity index (χ2v) is 6.92.